The Hall–Kier alpha value is -4.71. The van der Waals surface area contributed by atoms with Gasteiger partial charge >= 0.3 is 19.4 Å². The lowest BCUT2D eigenvalue weighted by Gasteiger charge is -2.24. The number of aromatic amines is 1. The molecule has 1 aromatic heterocycles. The first-order valence-electron chi connectivity index (χ1n) is 13.1. The quantitative estimate of drug-likeness (QED) is 0.164. The zero-order chi connectivity index (χ0) is 30.6. The van der Waals surface area contributed by atoms with Crippen molar-refractivity contribution in [2.45, 2.75) is 32.2 Å². The molecule has 224 valence electrons. The third kappa shape index (κ3) is 7.03. The second-order valence-electron chi connectivity index (χ2n) is 9.57. The first-order chi connectivity index (χ1) is 20.6. The maximum atomic E-state index is 14.1. The summed E-state index contributed by atoms with van der Waals surface area (Å²) in [4.78, 5) is 38.1. The summed E-state index contributed by atoms with van der Waals surface area (Å²) in [5.74, 6) is -2.34. The van der Waals surface area contributed by atoms with Crippen molar-refractivity contribution >= 4 is 24.5 Å². The summed E-state index contributed by atoms with van der Waals surface area (Å²) < 4.78 is 51.1. The normalized spacial score (nSPS) is 16.8. The highest BCUT2D eigenvalue weighted by molar-refractivity contribution is 7.52. The Morgan fingerprint density at radius 2 is 1.84 bits per heavy atom. The highest BCUT2D eigenvalue weighted by Gasteiger charge is 2.36. The zero-order valence-electron chi connectivity index (χ0n) is 22.8. The molecule has 0 aliphatic carbocycles. The summed E-state index contributed by atoms with van der Waals surface area (Å²) in [5.41, 5.74) is -1.40. The minimum atomic E-state index is -4.40. The van der Waals surface area contributed by atoms with E-state index in [1.165, 1.54) is 6.92 Å². The van der Waals surface area contributed by atoms with E-state index in [9.17, 15) is 28.4 Å². The van der Waals surface area contributed by atoms with Crippen molar-refractivity contribution in [1.82, 2.24) is 14.6 Å². The molecule has 0 fully saturated rings. The number of carbonyl (C=O) groups excluding carboxylic acids is 1. The number of nitrogens with one attached hydrogen (secondary N) is 2. The zero-order valence-corrected chi connectivity index (χ0v) is 23.7. The van der Waals surface area contributed by atoms with Crippen LogP contribution >= 0.6 is 7.75 Å². The number of esters is 1. The molecule has 0 radical (unpaired) electrons. The van der Waals surface area contributed by atoms with Crippen molar-refractivity contribution in [2.75, 3.05) is 6.61 Å². The molecule has 1 aliphatic rings. The van der Waals surface area contributed by atoms with E-state index in [0.717, 1.165) is 15.5 Å². The average Bonchev–Trinajstić information content (AvgIpc) is 3.37. The number of aliphatic hydroxyl groups excluding tert-OH is 1. The SMILES string of the molecule is C[C@H](NP(=O)(OCC1=C(O)CC(n2cc(F)c(=O)[nH]c2=O)O1)Oc1cccc2ccccc12)C(=O)OCc1ccccc1. The van der Waals surface area contributed by atoms with Crippen molar-refractivity contribution in [2.24, 2.45) is 0 Å². The lowest BCUT2D eigenvalue weighted by Crippen LogP contribution is -2.35. The minimum absolute atomic E-state index is 0.0122. The Balaban J connectivity index is 1.34. The fraction of sp³-hybridized carbons (Fsp3) is 0.207. The maximum absolute atomic E-state index is 14.1. The van der Waals surface area contributed by atoms with E-state index in [-0.39, 0.29) is 30.3 Å². The number of fused-ring (bicyclic) bond motifs is 1. The Labute approximate surface area is 243 Å². The molecule has 2 heterocycles. The molecule has 3 N–H and O–H groups in total. The largest absolute Gasteiger partial charge is 0.508 e. The predicted molar refractivity (Wildman–Crippen MR) is 153 cm³/mol. The molecule has 0 bridgehead atoms. The summed E-state index contributed by atoms with van der Waals surface area (Å²) in [5, 5.41) is 14.5. The van der Waals surface area contributed by atoms with Crippen LogP contribution < -0.4 is 20.9 Å². The van der Waals surface area contributed by atoms with Gasteiger partial charge in [-0.1, -0.05) is 66.7 Å². The number of rotatable bonds is 11. The number of hydrogen-bond donors (Lipinski definition) is 3. The molecular formula is C29H27FN3O9P. The van der Waals surface area contributed by atoms with Gasteiger partial charge in [-0.25, -0.2) is 9.36 Å². The molecule has 2 unspecified atom stereocenters. The number of H-pyrrole nitrogens is 1. The maximum Gasteiger partial charge on any atom is 0.459 e. The fourth-order valence-electron chi connectivity index (χ4n) is 4.28. The molecular weight excluding hydrogens is 584 g/mol. The van der Waals surface area contributed by atoms with Gasteiger partial charge in [-0.3, -0.25) is 23.7 Å². The second kappa shape index (κ2) is 12.7. The number of aromatic nitrogens is 2. The molecule has 4 aromatic rings. The lowest BCUT2D eigenvalue weighted by molar-refractivity contribution is -0.146. The van der Waals surface area contributed by atoms with Gasteiger partial charge in [-0.05, 0) is 23.9 Å². The molecule has 14 heteroatoms. The summed E-state index contributed by atoms with van der Waals surface area (Å²) in [6.45, 7) is 0.789. The number of carbonyl (C=O) groups is 1. The van der Waals surface area contributed by atoms with Gasteiger partial charge in [0.1, 0.15) is 30.8 Å². The van der Waals surface area contributed by atoms with E-state index in [4.69, 9.17) is 18.5 Å². The third-order valence-electron chi connectivity index (χ3n) is 6.47. The third-order valence-corrected chi connectivity index (χ3v) is 8.08. The highest BCUT2D eigenvalue weighted by Crippen LogP contribution is 2.47. The van der Waals surface area contributed by atoms with Crippen molar-refractivity contribution in [3.8, 4) is 5.75 Å². The molecule has 0 spiro atoms. The summed E-state index contributed by atoms with van der Waals surface area (Å²) in [6.07, 6.45) is -0.827. The summed E-state index contributed by atoms with van der Waals surface area (Å²) in [6, 6.07) is 20.1. The van der Waals surface area contributed by atoms with Crippen LogP contribution in [0.4, 0.5) is 4.39 Å². The van der Waals surface area contributed by atoms with Crippen LogP contribution in [0.3, 0.4) is 0 Å². The van der Waals surface area contributed by atoms with Crippen LogP contribution in [0.2, 0.25) is 0 Å². The first-order valence-corrected chi connectivity index (χ1v) is 14.6. The standard InChI is InChI=1S/C29H27FN3O9P/c1-18(28(36)39-16-19-8-3-2-4-9-19)32-43(38,42-24-13-7-11-20-10-5-6-12-21(20)24)40-17-25-23(34)14-26(41-25)33-15-22(30)27(35)31-29(33)37/h2-13,15,18,26,34H,14,16-17H2,1H3,(H,32,38)(H,31,35,37)/t18-,26?,43?/m0/s1. The molecule has 43 heavy (non-hydrogen) atoms. The van der Waals surface area contributed by atoms with Gasteiger partial charge in [0.15, 0.2) is 12.0 Å². The predicted octanol–water partition coefficient (Wildman–Crippen LogP) is 4.44. The van der Waals surface area contributed by atoms with Crippen molar-refractivity contribution in [3.05, 3.63) is 123 Å². The highest BCUT2D eigenvalue weighted by atomic mass is 31.2. The van der Waals surface area contributed by atoms with E-state index >= 15 is 0 Å². The number of nitrogens with zero attached hydrogens (tertiary/aromatic N) is 1. The van der Waals surface area contributed by atoms with Gasteiger partial charge in [0.2, 0.25) is 5.82 Å². The molecule has 0 saturated heterocycles. The molecule has 3 aromatic carbocycles. The average molecular weight is 612 g/mol. The first kappa shape index (κ1) is 29.8. The van der Waals surface area contributed by atoms with Crippen LogP contribution in [0.25, 0.3) is 10.8 Å². The van der Waals surface area contributed by atoms with E-state index in [1.54, 1.807) is 48.5 Å². The molecule has 0 saturated carbocycles. The lowest BCUT2D eigenvalue weighted by atomic mass is 10.1. The topological polar surface area (TPSA) is 158 Å². The second-order valence-corrected chi connectivity index (χ2v) is 11.3. The van der Waals surface area contributed by atoms with Gasteiger partial charge < -0.3 is 19.1 Å². The van der Waals surface area contributed by atoms with Crippen molar-refractivity contribution in [1.29, 1.82) is 0 Å². The number of aliphatic hydroxyl groups is 1. The summed E-state index contributed by atoms with van der Waals surface area (Å²) >= 11 is 0. The Morgan fingerprint density at radius 3 is 2.63 bits per heavy atom. The monoisotopic (exact) mass is 611 g/mol. The molecule has 0 amide bonds. The number of hydrogen-bond acceptors (Lipinski definition) is 9. The van der Waals surface area contributed by atoms with Gasteiger partial charge in [0, 0.05) is 5.39 Å². The van der Waals surface area contributed by atoms with Crippen LogP contribution in [-0.2, 0) is 30.0 Å². The van der Waals surface area contributed by atoms with E-state index in [0.29, 0.717) is 11.6 Å². The summed E-state index contributed by atoms with van der Waals surface area (Å²) in [7, 11) is -4.40. The number of benzene rings is 3. The molecule has 3 atom stereocenters. The Morgan fingerprint density at radius 1 is 1.12 bits per heavy atom. The van der Waals surface area contributed by atoms with Crippen LogP contribution in [0.5, 0.6) is 5.75 Å². The molecule has 12 nitrogen and oxygen atoms in total. The number of halogens is 1. The van der Waals surface area contributed by atoms with Gasteiger partial charge in [0.05, 0.1) is 12.6 Å². The fourth-order valence-corrected chi connectivity index (χ4v) is 5.75. The molecule has 1 aliphatic heterocycles. The minimum Gasteiger partial charge on any atom is -0.508 e. The van der Waals surface area contributed by atoms with Gasteiger partial charge in [-0.2, -0.15) is 9.48 Å². The number of ether oxygens (including phenoxy) is 2. The van der Waals surface area contributed by atoms with Crippen LogP contribution in [0, 0.1) is 5.82 Å². The van der Waals surface area contributed by atoms with Gasteiger partial charge in [0.25, 0.3) is 5.56 Å². The van der Waals surface area contributed by atoms with E-state index < -0.39 is 49.7 Å². The van der Waals surface area contributed by atoms with Crippen LogP contribution in [0.1, 0.15) is 25.1 Å². The van der Waals surface area contributed by atoms with E-state index in [2.05, 4.69) is 5.09 Å². The smallest absolute Gasteiger partial charge is 0.459 e. The van der Waals surface area contributed by atoms with E-state index in [1.807, 2.05) is 29.2 Å². The van der Waals surface area contributed by atoms with Crippen molar-refractivity contribution in [3.63, 3.8) is 0 Å². The molecule has 5 rings (SSSR count). The van der Waals surface area contributed by atoms with Crippen molar-refractivity contribution < 1.29 is 37.4 Å². The van der Waals surface area contributed by atoms with Gasteiger partial charge in [-0.15, -0.1) is 0 Å². The van der Waals surface area contributed by atoms with Crippen LogP contribution in [0.15, 0.2) is 100 Å². The Kier molecular flexibility index (Phi) is 8.76. The Bertz CT molecular complexity index is 1840. The van der Waals surface area contributed by atoms with Crippen LogP contribution in [-0.4, -0.2) is 33.3 Å².